The van der Waals surface area contributed by atoms with Gasteiger partial charge in [-0.05, 0) is 52.2 Å². The van der Waals surface area contributed by atoms with E-state index in [-0.39, 0.29) is 23.7 Å². The van der Waals surface area contributed by atoms with E-state index in [0.29, 0.717) is 31.1 Å². The van der Waals surface area contributed by atoms with Crippen LogP contribution in [0.4, 0.5) is 0 Å². The molecule has 30 heavy (non-hydrogen) atoms. The predicted molar refractivity (Wildman–Crippen MR) is 115 cm³/mol. The smallest absolute Gasteiger partial charge is 0.267 e. The summed E-state index contributed by atoms with van der Waals surface area (Å²) in [6, 6.07) is 7.47. The fourth-order valence-corrected chi connectivity index (χ4v) is 4.46. The van der Waals surface area contributed by atoms with Crippen LogP contribution >= 0.6 is 0 Å². The summed E-state index contributed by atoms with van der Waals surface area (Å²) in [5.74, 6) is 8.02. The number of carbonyl (C=O) groups is 1. The van der Waals surface area contributed by atoms with E-state index in [4.69, 9.17) is 14.2 Å². The maximum atomic E-state index is 12.9. The Morgan fingerprint density at radius 2 is 1.83 bits per heavy atom. The summed E-state index contributed by atoms with van der Waals surface area (Å²) in [5, 5.41) is 0. The van der Waals surface area contributed by atoms with Gasteiger partial charge < -0.3 is 19.1 Å². The molecular weight excluding hydrogens is 380 g/mol. The number of para-hydroxylation sites is 2. The molecule has 2 fully saturated rings. The first-order valence-corrected chi connectivity index (χ1v) is 10.9. The topological polar surface area (TPSA) is 51.2 Å². The molecule has 0 aromatic heterocycles. The Morgan fingerprint density at radius 3 is 2.57 bits per heavy atom. The van der Waals surface area contributed by atoms with E-state index in [9.17, 15) is 4.79 Å². The van der Waals surface area contributed by atoms with E-state index in [0.717, 1.165) is 32.4 Å². The molecule has 1 aromatic carbocycles. The van der Waals surface area contributed by atoms with Crippen molar-refractivity contribution in [1.29, 1.82) is 0 Å². The van der Waals surface area contributed by atoms with Crippen molar-refractivity contribution in [3.8, 4) is 23.3 Å². The molecule has 6 nitrogen and oxygen atoms in total. The summed E-state index contributed by atoms with van der Waals surface area (Å²) in [4.78, 5) is 17.0. The number of rotatable bonds is 2. The highest BCUT2D eigenvalue weighted by Crippen LogP contribution is 2.34. The number of piperazine rings is 1. The number of amides is 1. The monoisotopic (exact) mass is 412 g/mol. The van der Waals surface area contributed by atoms with Gasteiger partial charge in [0.15, 0.2) is 11.5 Å². The Bertz CT molecular complexity index is 835. The van der Waals surface area contributed by atoms with E-state index >= 15 is 0 Å². The van der Waals surface area contributed by atoms with Gasteiger partial charge in [0.1, 0.15) is 12.2 Å². The lowest BCUT2D eigenvalue weighted by Crippen LogP contribution is -2.54. The molecule has 2 saturated heterocycles. The second kappa shape index (κ2) is 8.49. The number of ether oxygens (including phenoxy) is 3. The van der Waals surface area contributed by atoms with Gasteiger partial charge in [-0.2, -0.15) is 0 Å². The van der Waals surface area contributed by atoms with Gasteiger partial charge in [0.05, 0.1) is 12.1 Å². The molecule has 3 aliphatic rings. The van der Waals surface area contributed by atoms with Crippen LogP contribution in [0.1, 0.15) is 40.0 Å². The summed E-state index contributed by atoms with van der Waals surface area (Å²) in [7, 11) is 0. The SMILES string of the molecule is CC1(C)CCC[C@@](C)(C#CCN2CCN(C(=O)[C@@H]3COc4ccccc4O3)CC2)O1. The van der Waals surface area contributed by atoms with E-state index in [1.54, 1.807) is 0 Å². The Kier molecular flexibility index (Phi) is 5.95. The Balaban J connectivity index is 1.25. The normalized spacial score (nSPS) is 28.4. The van der Waals surface area contributed by atoms with E-state index in [2.05, 4.69) is 37.5 Å². The van der Waals surface area contributed by atoms with Crippen molar-refractivity contribution in [1.82, 2.24) is 9.80 Å². The van der Waals surface area contributed by atoms with Gasteiger partial charge in [0, 0.05) is 26.2 Å². The molecule has 0 spiro atoms. The van der Waals surface area contributed by atoms with Crippen LogP contribution in [0.15, 0.2) is 24.3 Å². The molecule has 0 unspecified atom stereocenters. The van der Waals surface area contributed by atoms with Crippen LogP contribution in [-0.2, 0) is 9.53 Å². The first-order valence-electron chi connectivity index (χ1n) is 10.9. The van der Waals surface area contributed by atoms with Crippen molar-refractivity contribution in [3.05, 3.63) is 24.3 Å². The lowest BCUT2D eigenvalue weighted by Gasteiger charge is -2.40. The number of hydrogen-bond donors (Lipinski definition) is 0. The predicted octanol–water partition coefficient (Wildman–Crippen LogP) is 2.71. The molecule has 0 N–H and O–H groups in total. The fourth-order valence-electron chi connectivity index (χ4n) is 4.46. The van der Waals surface area contributed by atoms with Crippen LogP contribution in [-0.4, -0.2) is 72.3 Å². The summed E-state index contributed by atoms with van der Waals surface area (Å²) in [5.41, 5.74) is -0.451. The summed E-state index contributed by atoms with van der Waals surface area (Å²) in [6.45, 7) is 10.3. The quantitative estimate of drug-likeness (QED) is 0.699. The molecule has 0 aliphatic carbocycles. The Labute approximate surface area is 179 Å². The Hall–Kier alpha value is -2.23. The molecule has 2 atom stereocenters. The Morgan fingerprint density at radius 1 is 1.10 bits per heavy atom. The van der Waals surface area contributed by atoms with Crippen molar-refractivity contribution in [2.45, 2.75) is 57.3 Å². The van der Waals surface area contributed by atoms with E-state index < -0.39 is 6.10 Å². The zero-order valence-corrected chi connectivity index (χ0v) is 18.3. The molecule has 0 saturated carbocycles. The zero-order valence-electron chi connectivity index (χ0n) is 18.3. The number of carbonyl (C=O) groups excluding carboxylic acids is 1. The maximum Gasteiger partial charge on any atom is 0.267 e. The highest BCUT2D eigenvalue weighted by Gasteiger charge is 2.36. The van der Waals surface area contributed by atoms with Gasteiger partial charge in [-0.25, -0.2) is 0 Å². The second-order valence-corrected chi connectivity index (χ2v) is 9.21. The number of benzene rings is 1. The van der Waals surface area contributed by atoms with Gasteiger partial charge in [0.2, 0.25) is 6.10 Å². The van der Waals surface area contributed by atoms with Crippen LogP contribution in [0.5, 0.6) is 11.5 Å². The second-order valence-electron chi connectivity index (χ2n) is 9.21. The number of nitrogens with zero attached hydrogens (tertiary/aromatic N) is 2. The molecule has 6 heteroatoms. The van der Waals surface area contributed by atoms with E-state index in [1.165, 1.54) is 0 Å². The van der Waals surface area contributed by atoms with E-state index in [1.807, 2.05) is 29.2 Å². The standard InChI is InChI=1S/C24H32N2O4/c1-23(2)10-6-11-24(3,30-23)12-7-13-25-14-16-26(17-15-25)22(27)21-18-28-19-8-4-5-9-20(19)29-21/h4-5,8-9,21H,6,10-11,13-18H2,1-3H3/t21-,24-/m0/s1. The van der Waals surface area contributed by atoms with Gasteiger partial charge in [-0.15, -0.1) is 0 Å². The molecule has 1 aromatic rings. The lowest BCUT2D eigenvalue weighted by atomic mass is 9.88. The van der Waals surface area contributed by atoms with Crippen LogP contribution in [0.2, 0.25) is 0 Å². The van der Waals surface area contributed by atoms with Crippen molar-refractivity contribution in [3.63, 3.8) is 0 Å². The molecule has 4 rings (SSSR count). The summed E-state index contributed by atoms with van der Waals surface area (Å²) in [6.07, 6.45) is 2.65. The number of hydrogen-bond acceptors (Lipinski definition) is 5. The van der Waals surface area contributed by atoms with Gasteiger partial charge in [-0.1, -0.05) is 24.0 Å². The van der Waals surface area contributed by atoms with Crippen LogP contribution in [0.25, 0.3) is 0 Å². The highest BCUT2D eigenvalue weighted by molar-refractivity contribution is 5.82. The third kappa shape index (κ3) is 4.91. The van der Waals surface area contributed by atoms with Gasteiger partial charge in [-0.3, -0.25) is 9.69 Å². The largest absolute Gasteiger partial charge is 0.485 e. The molecule has 1 amide bonds. The first-order chi connectivity index (χ1) is 14.3. The molecular formula is C24H32N2O4. The van der Waals surface area contributed by atoms with Crippen molar-refractivity contribution in [2.24, 2.45) is 0 Å². The van der Waals surface area contributed by atoms with Crippen molar-refractivity contribution < 1.29 is 19.0 Å². The van der Waals surface area contributed by atoms with Crippen molar-refractivity contribution in [2.75, 3.05) is 39.3 Å². The summed E-state index contributed by atoms with van der Waals surface area (Å²) >= 11 is 0. The molecule has 3 aliphatic heterocycles. The van der Waals surface area contributed by atoms with Crippen LogP contribution in [0, 0.1) is 11.8 Å². The van der Waals surface area contributed by atoms with Crippen LogP contribution < -0.4 is 9.47 Å². The molecule has 3 heterocycles. The minimum atomic E-state index is -0.571. The maximum absolute atomic E-state index is 12.9. The minimum Gasteiger partial charge on any atom is -0.485 e. The summed E-state index contributed by atoms with van der Waals surface area (Å²) < 4.78 is 17.8. The lowest BCUT2D eigenvalue weighted by molar-refractivity contribution is -0.142. The minimum absolute atomic E-state index is 0.000542. The zero-order chi connectivity index (χ0) is 21.2. The number of fused-ring (bicyclic) bond motifs is 1. The van der Waals surface area contributed by atoms with Gasteiger partial charge >= 0.3 is 0 Å². The highest BCUT2D eigenvalue weighted by atomic mass is 16.6. The first kappa shape index (κ1) is 21.0. The third-order valence-corrected chi connectivity index (χ3v) is 6.06. The van der Waals surface area contributed by atoms with Crippen molar-refractivity contribution >= 4 is 5.91 Å². The van der Waals surface area contributed by atoms with Crippen LogP contribution in [0.3, 0.4) is 0 Å². The average molecular weight is 413 g/mol. The fraction of sp³-hybridized carbons (Fsp3) is 0.625. The molecule has 0 bridgehead atoms. The average Bonchev–Trinajstić information content (AvgIpc) is 2.72. The molecule has 162 valence electrons. The third-order valence-electron chi connectivity index (χ3n) is 6.06. The molecule has 0 radical (unpaired) electrons. The van der Waals surface area contributed by atoms with Gasteiger partial charge in [0.25, 0.3) is 5.91 Å².